The van der Waals surface area contributed by atoms with Gasteiger partial charge in [-0.25, -0.2) is 19.3 Å². The minimum Gasteiger partial charge on any atom is -0.471 e. The van der Waals surface area contributed by atoms with Crippen LogP contribution in [0.3, 0.4) is 0 Å². The molecule has 3 aromatic heterocycles. The summed E-state index contributed by atoms with van der Waals surface area (Å²) in [7, 11) is 0. The molecule has 0 bridgehead atoms. The summed E-state index contributed by atoms with van der Waals surface area (Å²) < 4.78 is 61.6. The number of anilines is 3. The highest BCUT2D eigenvalue weighted by Gasteiger charge is 2.33. The Labute approximate surface area is 195 Å². The molecule has 34 heavy (non-hydrogen) atoms. The molecule has 14 heteroatoms. The Morgan fingerprint density at radius 1 is 1.21 bits per heavy atom. The van der Waals surface area contributed by atoms with Gasteiger partial charge in [-0.2, -0.15) is 17.5 Å². The van der Waals surface area contributed by atoms with Gasteiger partial charge in [-0.15, -0.1) is 0 Å². The maximum Gasteiger partial charge on any atom is 0.434 e. The Bertz CT molecular complexity index is 1140. The minimum absolute atomic E-state index is 0.0259. The van der Waals surface area contributed by atoms with Crippen LogP contribution in [-0.2, 0) is 6.18 Å². The number of nitrogens with zero attached hydrogens (tertiary/aromatic N) is 4. The molecule has 0 saturated carbocycles. The van der Waals surface area contributed by atoms with Gasteiger partial charge in [0.05, 0.1) is 35.5 Å². The second kappa shape index (κ2) is 9.85. The molecule has 4 heterocycles. The van der Waals surface area contributed by atoms with Gasteiger partial charge in [-0.05, 0) is 37.5 Å². The van der Waals surface area contributed by atoms with E-state index in [2.05, 4.69) is 35.3 Å². The molecule has 0 radical (unpaired) electrons. The fourth-order valence-electron chi connectivity index (χ4n) is 3.18. The number of hydrogen-bond acceptors (Lipinski definition) is 9. The zero-order valence-electron chi connectivity index (χ0n) is 17.7. The molecule has 1 aliphatic heterocycles. The van der Waals surface area contributed by atoms with E-state index in [0.29, 0.717) is 30.5 Å². The van der Waals surface area contributed by atoms with Crippen molar-refractivity contribution in [3.63, 3.8) is 0 Å². The van der Waals surface area contributed by atoms with Crippen LogP contribution >= 0.6 is 11.5 Å². The summed E-state index contributed by atoms with van der Waals surface area (Å²) in [5, 5.41) is 8.69. The van der Waals surface area contributed by atoms with E-state index in [1.807, 2.05) is 0 Å². The Hall–Kier alpha value is -3.39. The average molecular weight is 497 g/mol. The Morgan fingerprint density at radius 3 is 2.68 bits per heavy atom. The molecule has 1 amide bonds. The molecule has 2 atom stereocenters. The van der Waals surface area contributed by atoms with Crippen LogP contribution in [0, 0.1) is 6.92 Å². The third-order valence-electron chi connectivity index (χ3n) is 4.89. The number of amides is 1. The Morgan fingerprint density at radius 2 is 2.03 bits per heavy atom. The van der Waals surface area contributed by atoms with Crippen molar-refractivity contribution in [3.05, 3.63) is 47.7 Å². The third-order valence-corrected chi connectivity index (χ3v) is 5.74. The van der Waals surface area contributed by atoms with Gasteiger partial charge in [0.15, 0.2) is 5.69 Å². The number of piperidine rings is 1. The molecule has 9 nitrogen and oxygen atoms in total. The summed E-state index contributed by atoms with van der Waals surface area (Å²) >= 11 is 0.953. The summed E-state index contributed by atoms with van der Waals surface area (Å²) in [5.74, 6) is -0.242. The van der Waals surface area contributed by atoms with Crippen LogP contribution in [0.25, 0.3) is 0 Å². The van der Waals surface area contributed by atoms with E-state index in [9.17, 15) is 22.4 Å². The third kappa shape index (κ3) is 5.56. The van der Waals surface area contributed by atoms with Crippen LogP contribution in [0.5, 0.6) is 5.88 Å². The van der Waals surface area contributed by atoms with Crippen LogP contribution in [-0.4, -0.2) is 50.6 Å². The monoisotopic (exact) mass is 497 g/mol. The Kier molecular flexibility index (Phi) is 6.88. The summed E-state index contributed by atoms with van der Waals surface area (Å²) in [6.07, 6.45) is -2.91. The largest absolute Gasteiger partial charge is 0.471 e. The van der Waals surface area contributed by atoms with Crippen molar-refractivity contribution >= 4 is 33.9 Å². The molecule has 1 aliphatic rings. The number of pyridine rings is 1. The maximum atomic E-state index is 13.9. The molecule has 180 valence electrons. The molecule has 1 fully saturated rings. The van der Waals surface area contributed by atoms with E-state index in [1.165, 1.54) is 12.3 Å². The fourth-order valence-corrected chi connectivity index (χ4v) is 3.98. The smallest absolute Gasteiger partial charge is 0.434 e. The van der Waals surface area contributed by atoms with E-state index in [1.54, 1.807) is 13.0 Å². The predicted octanol–water partition coefficient (Wildman–Crippen LogP) is 3.73. The molecular formula is C20H19F4N7O2S. The molecule has 3 N–H and O–H groups in total. The lowest BCUT2D eigenvalue weighted by Gasteiger charge is -2.26. The number of carbonyl (C=O) groups is 1. The molecule has 0 spiro atoms. The number of aromatic nitrogens is 4. The summed E-state index contributed by atoms with van der Waals surface area (Å²) in [4.78, 5) is 24.0. The lowest BCUT2D eigenvalue weighted by molar-refractivity contribution is -0.141. The predicted molar refractivity (Wildman–Crippen MR) is 116 cm³/mol. The van der Waals surface area contributed by atoms with Crippen molar-refractivity contribution < 1.29 is 27.1 Å². The number of hydrogen-bond donors (Lipinski definition) is 3. The topological polar surface area (TPSA) is 114 Å². The lowest BCUT2D eigenvalue weighted by atomic mass is 10.1. The first-order valence-electron chi connectivity index (χ1n) is 10.1. The number of alkyl halides is 4. The number of nitrogens with one attached hydrogen (secondary N) is 3. The molecule has 3 aromatic rings. The molecule has 4 rings (SSSR count). The van der Waals surface area contributed by atoms with Crippen LogP contribution in [0.15, 0.2) is 30.7 Å². The first kappa shape index (κ1) is 23.8. The van der Waals surface area contributed by atoms with E-state index in [-0.39, 0.29) is 28.8 Å². The van der Waals surface area contributed by atoms with Crippen molar-refractivity contribution in [3.8, 4) is 5.88 Å². The molecule has 1 saturated heterocycles. The fraction of sp³-hybridized carbons (Fsp3) is 0.350. The van der Waals surface area contributed by atoms with Crippen LogP contribution in [0.4, 0.5) is 34.1 Å². The van der Waals surface area contributed by atoms with Crippen molar-refractivity contribution in [2.75, 3.05) is 23.7 Å². The number of carbonyl (C=O) groups excluding carboxylic acids is 1. The number of rotatable bonds is 6. The second-order valence-corrected chi connectivity index (χ2v) is 8.16. The van der Waals surface area contributed by atoms with Gasteiger partial charge in [0.1, 0.15) is 23.1 Å². The zero-order chi connectivity index (χ0) is 24.3. The molecule has 0 aliphatic carbocycles. The van der Waals surface area contributed by atoms with E-state index in [4.69, 9.17) is 4.74 Å². The SMILES string of the molecule is Cc1nsc(Nc2cnc(C(F)(F)F)cn2)c1C(=O)Nc1ccc(O[C@H]2CCNC[C@H]2F)nc1. The van der Waals surface area contributed by atoms with Gasteiger partial charge in [-0.1, -0.05) is 0 Å². The lowest BCUT2D eigenvalue weighted by Crippen LogP contribution is -2.44. The number of ether oxygens (including phenoxy) is 1. The second-order valence-electron chi connectivity index (χ2n) is 7.39. The highest BCUT2D eigenvalue weighted by molar-refractivity contribution is 7.10. The Balaban J connectivity index is 1.42. The first-order valence-corrected chi connectivity index (χ1v) is 10.9. The van der Waals surface area contributed by atoms with Gasteiger partial charge in [0.2, 0.25) is 5.88 Å². The average Bonchev–Trinajstić information content (AvgIpc) is 3.16. The van der Waals surface area contributed by atoms with Crippen molar-refractivity contribution in [1.82, 2.24) is 24.6 Å². The first-order chi connectivity index (χ1) is 16.2. The van der Waals surface area contributed by atoms with Crippen molar-refractivity contribution in [2.24, 2.45) is 0 Å². The molecule has 0 aromatic carbocycles. The molecule has 0 unspecified atom stereocenters. The maximum absolute atomic E-state index is 13.9. The standard InChI is InChI=1S/C20H19F4N7O2S/c1-10-17(19(34-31-10)30-15-9-26-14(8-27-15)20(22,23)24)18(32)29-11-2-3-16(28-6-11)33-13-4-5-25-7-12(13)21/h2-3,6,8-9,12-13,25H,4-5,7H2,1H3,(H,27,30)(H,29,32)/t12-,13+/m1/s1. The summed E-state index contributed by atoms with van der Waals surface area (Å²) in [6.45, 7) is 2.50. The number of aryl methyl sites for hydroxylation is 1. The van der Waals surface area contributed by atoms with Gasteiger partial charge in [0, 0.05) is 12.6 Å². The van der Waals surface area contributed by atoms with Crippen molar-refractivity contribution in [1.29, 1.82) is 0 Å². The van der Waals surface area contributed by atoms with Crippen LogP contribution in [0.2, 0.25) is 0 Å². The quantitative estimate of drug-likeness (QED) is 0.442. The van der Waals surface area contributed by atoms with Gasteiger partial charge in [0.25, 0.3) is 5.91 Å². The zero-order valence-corrected chi connectivity index (χ0v) is 18.5. The van der Waals surface area contributed by atoms with Gasteiger partial charge >= 0.3 is 6.18 Å². The van der Waals surface area contributed by atoms with Crippen LogP contribution in [0.1, 0.15) is 28.2 Å². The normalized spacial score (nSPS) is 18.4. The van der Waals surface area contributed by atoms with E-state index >= 15 is 0 Å². The van der Waals surface area contributed by atoms with Crippen molar-refractivity contribution in [2.45, 2.75) is 31.8 Å². The van der Waals surface area contributed by atoms with Gasteiger partial charge < -0.3 is 20.7 Å². The number of halogens is 4. The van der Waals surface area contributed by atoms with Gasteiger partial charge in [-0.3, -0.25) is 4.79 Å². The van der Waals surface area contributed by atoms with E-state index < -0.39 is 30.1 Å². The van der Waals surface area contributed by atoms with E-state index in [0.717, 1.165) is 17.7 Å². The van der Waals surface area contributed by atoms with Crippen LogP contribution < -0.4 is 20.7 Å². The highest BCUT2D eigenvalue weighted by atomic mass is 32.1. The highest BCUT2D eigenvalue weighted by Crippen LogP contribution is 2.30. The minimum atomic E-state index is -4.60. The summed E-state index contributed by atoms with van der Waals surface area (Å²) in [6, 6.07) is 3.10. The molecular weight excluding hydrogens is 478 g/mol. The summed E-state index contributed by atoms with van der Waals surface area (Å²) in [5.41, 5.74) is -0.149.